The van der Waals surface area contributed by atoms with Gasteiger partial charge >= 0.3 is 0 Å². The van der Waals surface area contributed by atoms with Crippen molar-refractivity contribution in [3.05, 3.63) is 83.7 Å². The van der Waals surface area contributed by atoms with Crippen molar-refractivity contribution >= 4 is 17.9 Å². The molecule has 26 heavy (non-hydrogen) atoms. The van der Waals surface area contributed by atoms with Crippen molar-refractivity contribution in [1.82, 2.24) is 9.78 Å². The Morgan fingerprint density at radius 2 is 1.58 bits per heavy atom. The van der Waals surface area contributed by atoms with Crippen molar-refractivity contribution in [2.75, 3.05) is 5.32 Å². The van der Waals surface area contributed by atoms with Crippen LogP contribution in [0.25, 0.3) is 0 Å². The molecule has 132 valence electrons. The number of nitrogens with zero attached hydrogens (tertiary/aromatic N) is 2. The quantitative estimate of drug-likeness (QED) is 0.634. The molecule has 0 fully saturated rings. The van der Waals surface area contributed by atoms with Gasteiger partial charge in [-0.1, -0.05) is 60.7 Å². The molecule has 0 aliphatic heterocycles. The number of aryl methyl sites for hydroxylation is 3. The molecule has 1 amide bonds. The lowest BCUT2D eigenvalue weighted by Gasteiger charge is -2.04. The Hall–Kier alpha value is -3.21. The number of benzene rings is 2. The Morgan fingerprint density at radius 1 is 0.962 bits per heavy atom. The first kappa shape index (κ1) is 17.6. The summed E-state index contributed by atoms with van der Waals surface area (Å²) in [5.41, 5.74) is 3.03. The van der Waals surface area contributed by atoms with Gasteiger partial charge in [-0.25, -0.2) is 0 Å². The highest BCUT2D eigenvalue weighted by Crippen LogP contribution is 2.14. The lowest BCUT2D eigenvalue weighted by molar-refractivity contribution is -0.116. The molecule has 2 aromatic carbocycles. The zero-order chi connectivity index (χ0) is 18.2. The summed E-state index contributed by atoms with van der Waals surface area (Å²) in [6.45, 7) is 0.644. The average molecular weight is 347 g/mol. The highest BCUT2D eigenvalue weighted by Gasteiger charge is 2.11. The van der Waals surface area contributed by atoms with E-state index in [2.05, 4.69) is 22.5 Å². The minimum absolute atomic E-state index is 0.125. The molecule has 5 nitrogen and oxygen atoms in total. The van der Waals surface area contributed by atoms with E-state index < -0.39 is 0 Å². The molecule has 0 saturated carbocycles. The third-order valence-corrected chi connectivity index (χ3v) is 4.13. The molecule has 0 aliphatic carbocycles. The van der Waals surface area contributed by atoms with Gasteiger partial charge in [-0.15, -0.1) is 0 Å². The summed E-state index contributed by atoms with van der Waals surface area (Å²) in [6, 6.07) is 19.9. The number of rotatable bonds is 8. The molecule has 0 radical (unpaired) electrons. The first-order chi connectivity index (χ1) is 12.7. The van der Waals surface area contributed by atoms with Gasteiger partial charge in [0.25, 0.3) is 0 Å². The minimum atomic E-state index is -0.125. The number of carbonyl (C=O) groups excluding carboxylic acids is 2. The van der Waals surface area contributed by atoms with Gasteiger partial charge in [0.1, 0.15) is 5.69 Å². The molecule has 0 bridgehead atoms. The molecule has 0 aliphatic rings. The predicted molar refractivity (Wildman–Crippen MR) is 101 cm³/mol. The smallest absolute Gasteiger partial charge is 0.224 e. The van der Waals surface area contributed by atoms with Gasteiger partial charge in [-0.05, 0) is 24.0 Å². The molecule has 0 saturated heterocycles. The van der Waals surface area contributed by atoms with Gasteiger partial charge in [0.05, 0.1) is 5.69 Å². The first-order valence-corrected chi connectivity index (χ1v) is 8.65. The van der Waals surface area contributed by atoms with Crippen molar-refractivity contribution in [3.63, 3.8) is 0 Å². The van der Waals surface area contributed by atoms with Crippen molar-refractivity contribution < 1.29 is 9.59 Å². The number of carbonyl (C=O) groups is 2. The highest BCUT2D eigenvalue weighted by atomic mass is 16.1. The monoisotopic (exact) mass is 347 g/mol. The fourth-order valence-corrected chi connectivity index (χ4v) is 2.74. The van der Waals surface area contributed by atoms with Crippen LogP contribution in [0.5, 0.6) is 0 Å². The van der Waals surface area contributed by atoms with Crippen molar-refractivity contribution in [2.45, 2.75) is 25.8 Å². The van der Waals surface area contributed by atoms with Crippen LogP contribution in [0.1, 0.15) is 28.0 Å². The molecule has 0 spiro atoms. The topological polar surface area (TPSA) is 64.0 Å². The summed E-state index contributed by atoms with van der Waals surface area (Å²) >= 11 is 0. The number of aldehydes is 1. The molecule has 1 aromatic heterocycles. The molecular weight excluding hydrogens is 326 g/mol. The second kappa shape index (κ2) is 8.76. The van der Waals surface area contributed by atoms with Crippen LogP contribution in [0.4, 0.5) is 5.69 Å². The van der Waals surface area contributed by atoms with E-state index >= 15 is 0 Å². The van der Waals surface area contributed by atoms with E-state index in [1.54, 1.807) is 10.9 Å². The Kier molecular flexibility index (Phi) is 5.93. The van der Waals surface area contributed by atoms with Crippen LogP contribution in [-0.2, 0) is 24.2 Å². The number of hydrogen-bond donors (Lipinski definition) is 1. The van der Waals surface area contributed by atoms with E-state index in [4.69, 9.17) is 0 Å². The van der Waals surface area contributed by atoms with Gasteiger partial charge in [-0.2, -0.15) is 5.10 Å². The van der Waals surface area contributed by atoms with Crippen LogP contribution in [0, 0.1) is 0 Å². The van der Waals surface area contributed by atoms with Crippen LogP contribution in [0.3, 0.4) is 0 Å². The van der Waals surface area contributed by atoms with Gasteiger partial charge in [-0.3, -0.25) is 14.3 Å². The van der Waals surface area contributed by atoms with Gasteiger partial charge in [0.2, 0.25) is 5.91 Å². The Labute approximate surface area is 152 Å². The van der Waals surface area contributed by atoms with Crippen LogP contribution >= 0.6 is 0 Å². The normalized spacial score (nSPS) is 10.5. The molecule has 3 rings (SSSR count). The fourth-order valence-electron chi connectivity index (χ4n) is 2.74. The summed E-state index contributed by atoms with van der Waals surface area (Å²) in [5.74, 6) is -0.125. The average Bonchev–Trinajstić information content (AvgIpc) is 3.08. The van der Waals surface area contributed by atoms with Crippen molar-refractivity contribution in [3.8, 4) is 0 Å². The first-order valence-electron chi connectivity index (χ1n) is 8.65. The second-order valence-electron chi connectivity index (χ2n) is 6.08. The third-order valence-electron chi connectivity index (χ3n) is 4.13. The second-order valence-corrected chi connectivity index (χ2v) is 6.08. The Bertz CT molecular complexity index is 857. The number of nitrogens with one attached hydrogen (secondary N) is 1. The lowest BCUT2D eigenvalue weighted by Crippen LogP contribution is -2.13. The molecule has 3 aromatic rings. The third kappa shape index (κ3) is 4.89. The summed E-state index contributed by atoms with van der Waals surface area (Å²) in [7, 11) is 0. The fraction of sp³-hybridized carbons (Fsp3) is 0.190. The summed E-state index contributed by atoms with van der Waals surface area (Å²) in [4.78, 5) is 23.4. The molecular formula is C21H21N3O2. The molecule has 0 atom stereocenters. The SMILES string of the molecule is O=Cc1nn(CCc2ccccc2)cc1NC(=O)CCc1ccccc1. The zero-order valence-corrected chi connectivity index (χ0v) is 14.5. The van der Waals surface area contributed by atoms with E-state index in [-0.39, 0.29) is 11.6 Å². The van der Waals surface area contributed by atoms with E-state index in [9.17, 15) is 9.59 Å². The number of hydrogen-bond acceptors (Lipinski definition) is 3. The number of amides is 1. The van der Waals surface area contributed by atoms with E-state index in [0.717, 1.165) is 12.0 Å². The van der Waals surface area contributed by atoms with Gasteiger partial charge in [0.15, 0.2) is 6.29 Å². The van der Waals surface area contributed by atoms with Crippen LogP contribution in [0.2, 0.25) is 0 Å². The van der Waals surface area contributed by atoms with Crippen molar-refractivity contribution in [1.29, 1.82) is 0 Å². The number of anilines is 1. The van der Waals surface area contributed by atoms with E-state index in [1.807, 2.05) is 48.5 Å². The highest BCUT2D eigenvalue weighted by molar-refractivity contribution is 5.95. The number of aromatic nitrogens is 2. The maximum atomic E-state index is 12.2. The van der Waals surface area contributed by atoms with Crippen LogP contribution in [-0.4, -0.2) is 22.0 Å². The molecule has 1 heterocycles. The largest absolute Gasteiger partial charge is 0.323 e. The van der Waals surface area contributed by atoms with E-state index in [1.165, 1.54) is 5.56 Å². The Morgan fingerprint density at radius 3 is 2.19 bits per heavy atom. The predicted octanol–water partition coefficient (Wildman–Crippen LogP) is 3.51. The maximum Gasteiger partial charge on any atom is 0.224 e. The molecule has 1 N–H and O–H groups in total. The standard InChI is InChI=1S/C21H21N3O2/c25-16-20-19(22-21(26)12-11-17-7-3-1-4-8-17)15-24(23-20)14-13-18-9-5-2-6-10-18/h1-10,15-16H,11-14H2,(H,22,26). The van der Waals surface area contributed by atoms with Crippen molar-refractivity contribution in [2.24, 2.45) is 0 Å². The minimum Gasteiger partial charge on any atom is -0.323 e. The van der Waals surface area contributed by atoms with Crippen LogP contribution < -0.4 is 5.32 Å². The summed E-state index contributed by atoms with van der Waals surface area (Å²) in [5, 5.41) is 7.05. The van der Waals surface area contributed by atoms with Gasteiger partial charge < -0.3 is 5.32 Å². The van der Waals surface area contributed by atoms with Crippen LogP contribution in [0.15, 0.2) is 66.9 Å². The van der Waals surface area contributed by atoms with Gasteiger partial charge in [0, 0.05) is 19.2 Å². The maximum absolute atomic E-state index is 12.2. The molecule has 5 heteroatoms. The lowest BCUT2D eigenvalue weighted by atomic mass is 10.1. The zero-order valence-electron chi connectivity index (χ0n) is 14.5. The summed E-state index contributed by atoms with van der Waals surface area (Å²) in [6.07, 6.45) is 4.21. The Balaban J connectivity index is 1.57. The summed E-state index contributed by atoms with van der Waals surface area (Å²) < 4.78 is 1.70. The van der Waals surface area contributed by atoms with E-state index in [0.29, 0.717) is 31.4 Å². The molecule has 0 unspecified atom stereocenters.